The van der Waals surface area contributed by atoms with E-state index < -0.39 is 0 Å². The lowest BCUT2D eigenvalue weighted by Crippen LogP contribution is -2.33. The predicted octanol–water partition coefficient (Wildman–Crippen LogP) is 3.48. The molecule has 0 unspecified atom stereocenters. The van der Waals surface area contributed by atoms with E-state index in [1.54, 1.807) is 19.1 Å². The minimum atomic E-state index is -0.295. The largest absolute Gasteiger partial charge is 0.353 e. The molecule has 0 atom stereocenters. The van der Waals surface area contributed by atoms with Gasteiger partial charge in [-0.1, -0.05) is 30.1 Å². The second-order valence-electron chi connectivity index (χ2n) is 6.02. The molecule has 1 aliphatic rings. The molecule has 1 aromatic carbocycles. The number of aromatic nitrogens is 2. The van der Waals surface area contributed by atoms with Gasteiger partial charge in [0.1, 0.15) is 5.82 Å². The van der Waals surface area contributed by atoms with Gasteiger partial charge in [0.15, 0.2) is 0 Å². The highest BCUT2D eigenvalue weighted by atomic mass is 32.2. The van der Waals surface area contributed by atoms with Crippen molar-refractivity contribution in [1.82, 2.24) is 15.5 Å². The summed E-state index contributed by atoms with van der Waals surface area (Å²) < 4.78 is 18.8. The highest BCUT2D eigenvalue weighted by Gasteiger charge is 2.17. The zero-order chi connectivity index (χ0) is 16.9. The first kappa shape index (κ1) is 17.0. The summed E-state index contributed by atoms with van der Waals surface area (Å²) in [5, 5.41) is 6.91. The molecule has 128 valence electrons. The Morgan fingerprint density at radius 3 is 2.96 bits per heavy atom. The fourth-order valence-corrected chi connectivity index (χ4v) is 3.40. The molecule has 0 saturated heterocycles. The molecule has 0 bridgehead atoms. The van der Waals surface area contributed by atoms with Gasteiger partial charge in [-0.2, -0.15) is 4.98 Å². The first-order valence-electron chi connectivity index (χ1n) is 8.08. The summed E-state index contributed by atoms with van der Waals surface area (Å²) in [5.74, 6) is 1.38. The first-order valence-corrected chi connectivity index (χ1v) is 9.23. The van der Waals surface area contributed by atoms with Gasteiger partial charge in [-0.25, -0.2) is 4.39 Å². The van der Waals surface area contributed by atoms with Crippen LogP contribution in [-0.2, 0) is 10.5 Å². The summed E-state index contributed by atoms with van der Waals surface area (Å²) in [7, 11) is 0. The number of rotatable bonds is 6. The summed E-state index contributed by atoms with van der Waals surface area (Å²) >= 11 is 1.43. The molecule has 3 rings (SSSR count). The molecule has 0 aliphatic heterocycles. The van der Waals surface area contributed by atoms with E-state index in [2.05, 4.69) is 15.5 Å². The van der Waals surface area contributed by atoms with Gasteiger partial charge < -0.3 is 9.84 Å². The number of nitrogens with zero attached hydrogens (tertiary/aromatic N) is 2. The maximum Gasteiger partial charge on any atom is 0.236 e. The monoisotopic (exact) mass is 349 g/mol. The highest BCUT2D eigenvalue weighted by molar-refractivity contribution is 7.99. The molecule has 5 nitrogen and oxygen atoms in total. The van der Waals surface area contributed by atoms with E-state index in [9.17, 15) is 9.18 Å². The smallest absolute Gasteiger partial charge is 0.236 e. The zero-order valence-corrected chi connectivity index (χ0v) is 14.4. The minimum Gasteiger partial charge on any atom is -0.353 e. The lowest BCUT2D eigenvalue weighted by molar-refractivity contribution is -0.119. The molecular formula is C17H20FN3O2S. The number of thioether (sulfide) groups is 1. The van der Waals surface area contributed by atoms with Crippen LogP contribution in [0, 0.1) is 12.7 Å². The fraction of sp³-hybridized carbons (Fsp3) is 0.471. The van der Waals surface area contributed by atoms with E-state index in [-0.39, 0.29) is 11.7 Å². The van der Waals surface area contributed by atoms with Gasteiger partial charge in [-0.05, 0) is 31.4 Å². The summed E-state index contributed by atoms with van der Waals surface area (Å²) in [4.78, 5) is 16.1. The van der Waals surface area contributed by atoms with Crippen molar-refractivity contribution < 1.29 is 13.7 Å². The van der Waals surface area contributed by atoms with Crippen LogP contribution in [0.1, 0.15) is 37.1 Å². The number of halogens is 1. The Bertz CT molecular complexity index is 714. The van der Waals surface area contributed by atoms with Crippen LogP contribution in [0.5, 0.6) is 0 Å². The average Bonchev–Trinajstić information content (AvgIpc) is 3.22. The van der Waals surface area contributed by atoms with E-state index in [0.717, 1.165) is 12.8 Å². The van der Waals surface area contributed by atoms with E-state index in [4.69, 9.17) is 4.52 Å². The van der Waals surface area contributed by atoms with Gasteiger partial charge >= 0.3 is 0 Å². The third kappa shape index (κ3) is 4.35. The van der Waals surface area contributed by atoms with Crippen LogP contribution >= 0.6 is 11.8 Å². The summed E-state index contributed by atoms with van der Waals surface area (Å²) in [6.07, 6.45) is 4.55. The molecule has 1 aliphatic carbocycles. The Morgan fingerprint density at radius 2 is 2.21 bits per heavy atom. The number of aryl methyl sites for hydroxylation is 1. The summed E-state index contributed by atoms with van der Waals surface area (Å²) in [5.41, 5.74) is 1.16. The van der Waals surface area contributed by atoms with Crippen molar-refractivity contribution in [3.8, 4) is 11.4 Å². The van der Waals surface area contributed by atoms with Gasteiger partial charge in [0, 0.05) is 11.6 Å². The Kier molecular flexibility index (Phi) is 5.50. The van der Waals surface area contributed by atoms with E-state index in [0.29, 0.717) is 40.4 Å². The topological polar surface area (TPSA) is 68.0 Å². The lowest BCUT2D eigenvalue weighted by Gasteiger charge is -2.10. The van der Waals surface area contributed by atoms with Crippen LogP contribution in [-0.4, -0.2) is 27.8 Å². The van der Waals surface area contributed by atoms with E-state index in [1.807, 2.05) is 0 Å². The predicted molar refractivity (Wildman–Crippen MR) is 91.0 cm³/mol. The number of carbonyl (C=O) groups is 1. The third-order valence-corrected chi connectivity index (χ3v) is 4.99. The fourth-order valence-electron chi connectivity index (χ4n) is 2.73. The Morgan fingerprint density at radius 1 is 1.42 bits per heavy atom. The maximum absolute atomic E-state index is 13.6. The van der Waals surface area contributed by atoms with Crippen LogP contribution in [0.15, 0.2) is 22.7 Å². The second-order valence-corrected chi connectivity index (χ2v) is 7.00. The molecule has 1 fully saturated rings. The van der Waals surface area contributed by atoms with Crippen LogP contribution in [0.3, 0.4) is 0 Å². The maximum atomic E-state index is 13.6. The normalized spacial score (nSPS) is 14.9. The molecule has 1 saturated carbocycles. The molecule has 1 amide bonds. The van der Waals surface area contributed by atoms with Crippen LogP contribution < -0.4 is 5.32 Å². The number of hydrogen-bond acceptors (Lipinski definition) is 5. The van der Waals surface area contributed by atoms with Crippen LogP contribution in [0.2, 0.25) is 0 Å². The number of hydrogen-bond donors (Lipinski definition) is 1. The quantitative estimate of drug-likeness (QED) is 0.865. The number of nitrogens with one attached hydrogen (secondary N) is 1. The van der Waals surface area contributed by atoms with Crippen molar-refractivity contribution in [2.24, 2.45) is 0 Å². The summed E-state index contributed by atoms with van der Waals surface area (Å²) in [6.45, 7) is 1.70. The van der Waals surface area contributed by atoms with Crippen molar-refractivity contribution >= 4 is 17.7 Å². The third-order valence-electron chi connectivity index (χ3n) is 4.08. The standard InChI is InChI=1S/C17H20FN3O2S/c1-11-6-7-12(8-14(11)18)17-20-16(23-21-17)10-24-9-15(22)19-13-4-2-3-5-13/h6-8,13H,2-5,9-10H2,1H3,(H,19,22). The van der Waals surface area contributed by atoms with Gasteiger partial charge in [-0.3, -0.25) is 4.79 Å². The first-order chi connectivity index (χ1) is 11.6. The second kappa shape index (κ2) is 7.79. The lowest BCUT2D eigenvalue weighted by atomic mass is 10.1. The van der Waals surface area contributed by atoms with E-state index in [1.165, 1.54) is 30.7 Å². The zero-order valence-electron chi connectivity index (χ0n) is 13.5. The molecule has 0 radical (unpaired) electrons. The molecule has 2 aromatic rings. The van der Waals surface area contributed by atoms with E-state index >= 15 is 0 Å². The molecule has 1 heterocycles. The summed E-state index contributed by atoms with van der Waals surface area (Å²) in [6, 6.07) is 5.18. The minimum absolute atomic E-state index is 0.0484. The van der Waals surface area contributed by atoms with Gasteiger partial charge in [0.05, 0.1) is 11.5 Å². The van der Waals surface area contributed by atoms with Crippen LogP contribution in [0.25, 0.3) is 11.4 Å². The van der Waals surface area contributed by atoms with Gasteiger partial charge in [-0.15, -0.1) is 11.8 Å². The van der Waals surface area contributed by atoms with Crippen molar-refractivity contribution in [1.29, 1.82) is 0 Å². The van der Waals surface area contributed by atoms with Gasteiger partial charge in [0.25, 0.3) is 0 Å². The highest BCUT2D eigenvalue weighted by Crippen LogP contribution is 2.21. The molecular weight excluding hydrogens is 329 g/mol. The molecule has 1 aromatic heterocycles. The Hall–Kier alpha value is -1.89. The van der Waals surface area contributed by atoms with Gasteiger partial charge in [0.2, 0.25) is 17.6 Å². The van der Waals surface area contributed by atoms with Crippen molar-refractivity contribution in [2.45, 2.75) is 44.4 Å². The molecule has 0 spiro atoms. The van der Waals surface area contributed by atoms with Crippen molar-refractivity contribution in [3.63, 3.8) is 0 Å². The average molecular weight is 349 g/mol. The number of amides is 1. The molecule has 24 heavy (non-hydrogen) atoms. The molecule has 7 heteroatoms. The number of benzene rings is 1. The van der Waals surface area contributed by atoms with Crippen molar-refractivity contribution in [2.75, 3.05) is 5.75 Å². The Labute approximate surface area is 144 Å². The van der Waals surface area contributed by atoms with Crippen LogP contribution in [0.4, 0.5) is 4.39 Å². The Balaban J connectivity index is 1.49. The molecule has 1 N–H and O–H groups in total. The SMILES string of the molecule is Cc1ccc(-c2noc(CSCC(=O)NC3CCCC3)n2)cc1F. The van der Waals surface area contributed by atoms with Crippen molar-refractivity contribution in [3.05, 3.63) is 35.5 Å². The number of carbonyl (C=O) groups excluding carboxylic acids is 1.